The quantitative estimate of drug-likeness (QED) is 0.0482. The molecular weight excluding hydrogens is 737 g/mol. The number of amides is 2. The Kier molecular flexibility index (Phi) is 9.42. The van der Waals surface area contributed by atoms with Crippen molar-refractivity contribution >= 4 is 74.3 Å². The zero-order valence-electron chi connectivity index (χ0n) is 24.4. The number of aliphatic carboxylic acids is 1. The second-order valence-corrected chi connectivity index (χ2v) is 13.1. The SMILES string of the molecule is CO/N=C(\C(=O)NC1C(=O)N2C(C(=O)O)=C(CI)CS[C@@H]12)c1csc(NC(c2ccccc2)(c2ccccc2)c2ccccc2)n1. The molecule has 10 nitrogen and oxygen atoms in total. The van der Waals surface area contributed by atoms with Crippen molar-refractivity contribution in [2.24, 2.45) is 5.16 Å². The van der Waals surface area contributed by atoms with E-state index in [4.69, 9.17) is 9.82 Å². The van der Waals surface area contributed by atoms with Crippen LogP contribution in [0, 0.1) is 0 Å². The van der Waals surface area contributed by atoms with Gasteiger partial charge < -0.3 is 20.6 Å². The number of rotatable bonds is 11. The number of nitrogens with one attached hydrogen (secondary N) is 2. The Morgan fingerprint density at radius 1 is 1.02 bits per heavy atom. The molecule has 3 N–H and O–H groups in total. The summed E-state index contributed by atoms with van der Waals surface area (Å²) in [5, 5.41) is 21.8. The van der Waals surface area contributed by atoms with Gasteiger partial charge in [-0.05, 0) is 22.3 Å². The molecule has 6 rings (SSSR count). The summed E-state index contributed by atoms with van der Waals surface area (Å²) < 4.78 is 0.491. The number of carboxylic acids is 1. The molecule has 1 unspecified atom stereocenters. The number of thioether (sulfide) groups is 1. The highest BCUT2D eigenvalue weighted by molar-refractivity contribution is 14.1. The first-order valence-electron chi connectivity index (χ1n) is 14.2. The van der Waals surface area contributed by atoms with Gasteiger partial charge in [-0.25, -0.2) is 9.78 Å². The van der Waals surface area contributed by atoms with Crippen LogP contribution in [0.4, 0.5) is 5.13 Å². The first-order valence-corrected chi connectivity index (χ1v) is 17.6. The lowest BCUT2D eigenvalue weighted by atomic mass is 9.77. The van der Waals surface area contributed by atoms with Crippen LogP contribution in [-0.4, -0.2) is 67.2 Å². The second kappa shape index (κ2) is 13.6. The average Bonchev–Trinajstić information content (AvgIpc) is 3.56. The summed E-state index contributed by atoms with van der Waals surface area (Å²) in [6.07, 6.45) is 0. The first-order chi connectivity index (χ1) is 22.4. The van der Waals surface area contributed by atoms with Gasteiger partial charge in [-0.1, -0.05) is 119 Å². The molecule has 3 heterocycles. The van der Waals surface area contributed by atoms with Gasteiger partial charge in [0.15, 0.2) is 10.8 Å². The number of halogens is 1. The van der Waals surface area contributed by atoms with Crippen LogP contribution in [0.3, 0.4) is 0 Å². The Morgan fingerprint density at radius 2 is 1.59 bits per heavy atom. The minimum atomic E-state index is -1.16. The van der Waals surface area contributed by atoms with Crippen LogP contribution in [0.5, 0.6) is 0 Å². The molecule has 0 aliphatic carbocycles. The van der Waals surface area contributed by atoms with Gasteiger partial charge in [0.1, 0.15) is 35.5 Å². The van der Waals surface area contributed by atoms with Gasteiger partial charge in [-0.3, -0.25) is 14.5 Å². The van der Waals surface area contributed by atoms with E-state index >= 15 is 0 Å². The maximum Gasteiger partial charge on any atom is 0.352 e. The molecule has 2 aliphatic heterocycles. The van der Waals surface area contributed by atoms with E-state index in [2.05, 4.69) is 74.8 Å². The molecular formula is C33H28IN5O5S2. The molecule has 2 aliphatic rings. The van der Waals surface area contributed by atoms with Gasteiger partial charge in [0, 0.05) is 15.6 Å². The Bertz CT molecular complexity index is 1720. The highest BCUT2D eigenvalue weighted by Gasteiger charge is 2.54. The molecule has 2 amide bonds. The van der Waals surface area contributed by atoms with E-state index in [9.17, 15) is 19.5 Å². The van der Waals surface area contributed by atoms with Crippen molar-refractivity contribution in [3.8, 4) is 0 Å². The molecule has 0 spiro atoms. The van der Waals surface area contributed by atoms with Crippen LogP contribution in [-0.2, 0) is 24.8 Å². The molecule has 3 aromatic carbocycles. The van der Waals surface area contributed by atoms with Crippen LogP contribution in [0.25, 0.3) is 0 Å². The fourth-order valence-electron chi connectivity index (χ4n) is 5.67. The number of nitrogens with zero attached hydrogens (tertiary/aromatic N) is 3. The highest BCUT2D eigenvalue weighted by Crippen LogP contribution is 2.42. The normalized spacial score (nSPS) is 18.0. The van der Waals surface area contributed by atoms with Gasteiger partial charge in [0.25, 0.3) is 11.8 Å². The Morgan fingerprint density at radius 3 is 2.09 bits per heavy atom. The molecule has 0 bridgehead atoms. The maximum atomic E-state index is 13.6. The summed E-state index contributed by atoms with van der Waals surface area (Å²) in [5.41, 5.74) is 2.97. The average molecular weight is 766 g/mol. The van der Waals surface area contributed by atoms with E-state index in [0.29, 0.717) is 20.9 Å². The highest BCUT2D eigenvalue weighted by atomic mass is 127. The van der Waals surface area contributed by atoms with Crippen molar-refractivity contribution < 1.29 is 24.3 Å². The topological polar surface area (TPSA) is 133 Å². The molecule has 1 saturated heterocycles. The summed E-state index contributed by atoms with van der Waals surface area (Å²) >= 11 is 4.81. The number of hydrogen-bond acceptors (Lipinski definition) is 9. The third-order valence-electron chi connectivity index (χ3n) is 7.76. The van der Waals surface area contributed by atoms with Crippen molar-refractivity contribution in [3.63, 3.8) is 0 Å². The Hall–Kier alpha value is -4.21. The zero-order valence-corrected chi connectivity index (χ0v) is 28.2. The summed E-state index contributed by atoms with van der Waals surface area (Å²) in [6.45, 7) is 0. The molecule has 1 fully saturated rings. The van der Waals surface area contributed by atoms with Crippen LogP contribution < -0.4 is 10.6 Å². The largest absolute Gasteiger partial charge is 0.477 e. The monoisotopic (exact) mass is 765 g/mol. The standard InChI is InChI=1S/C33H28IN5O5S2/c1-44-38-25(28(40)36-26-29(41)39-27(31(42)43)20(17-34)18-45-30(26)39)24-19-46-32(35-24)37-33(21-11-5-2-6-12-21,22-13-7-3-8-14-22)23-15-9-4-10-16-23/h2-16,19,26,30H,17-18H2,1H3,(H,35,37)(H,36,40)(H,42,43)/b38-25-/t26?,30-/m0/s1. The van der Waals surface area contributed by atoms with Crippen molar-refractivity contribution in [2.75, 3.05) is 22.6 Å². The fourth-order valence-corrected chi connectivity index (χ4v) is 8.77. The van der Waals surface area contributed by atoms with Crippen LogP contribution in [0.1, 0.15) is 22.4 Å². The summed E-state index contributed by atoms with van der Waals surface area (Å²) in [6, 6.07) is 29.3. The lowest BCUT2D eigenvalue weighted by molar-refractivity contribution is -0.150. The molecule has 13 heteroatoms. The minimum absolute atomic E-state index is 0.00613. The lowest BCUT2D eigenvalue weighted by Crippen LogP contribution is -2.71. The van der Waals surface area contributed by atoms with E-state index in [1.807, 2.05) is 54.6 Å². The predicted molar refractivity (Wildman–Crippen MR) is 187 cm³/mol. The van der Waals surface area contributed by atoms with E-state index in [1.54, 1.807) is 5.38 Å². The number of β-lactam (4-membered cyclic amide) rings is 1. The Balaban J connectivity index is 1.30. The number of aromatic nitrogens is 1. The van der Waals surface area contributed by atoms with Crippen molar-refractivity contribution in [1.29, 1.82) is 0 Å². The van der Waals surface area contributed by atoms with E-state index in [0.717, 1.165) is 16.7 Å². The maximum absolute atomic E-state index is 13.6. The molecule has 0 radical (unpaired) electrons. The van der Waals surface area contributed by atoms with Crippen molar-refractivity contribution in [1.82, 2.24) is 15.2 Å². The molecule has 46 heavy (non-hydrogen) atoms. The minimum Gasteiger partial charge on any atom is -0.477 e. The number of carboxylic acid groups (broad SMARTS) is 1. The summed E-state index contributed by atoms with van der Waals surface area (Å²) in [7, 11) is 1.33. The number of benzene rings is 3. The van der Waals surface area contributed by atoms with Crippen molar-refractivity contribution in [2.45, 2.75) is 17.0 Å². The van der Waals surface area contributed by atoms with Crippen LogP contribution >= 0.6 is 45.7 Å². The lowest BCUT2D eigenvalue weighted by Gasteiger charge is -2.49. The number of fused-ring (bicyclic) bond motifs is 1. The predicted octanol–water partition coefficient (Wildman–Crippen LogP) is 5.07. The van der Waals surface area contributed by atoms with E-state index in [-0.39, 0.29) is 17.1 Å². The zero-order chi connectivity index (χ0) is 32.3. The number of carbonyl (C=O) groups excluding carboxylic acids is 2. The van der Waals surface area contributed by atoms with Crippen LogP contribution in [0.15, 0.2) is 113 Å². The first kappa shape index (κ1) is 31.8. The smallest absolute Gasteiger partial charge is 0.352 e. The van der Waals surface area contributed by atoms with Gasteiger partial charge in [-0.15, -0.1) is 23.1 Å². The second-order valence-electron chi connectivity index (χ2n) is 10.4. The Labute approximate surface area is 287 Å². The third kappa shape index (κ3) is 5.78. The fraction of sp³-hybridized carbons (Fsp3) is 0.182. The van der Waals surface area contributed by atoms with Gasteiger partial charge in [0.2, 0.25) is 0 Å². The van der Waals surface area contributed by atoms with E-state index < -0.39 is 34.7 Å². The van der Waals surface area contributed by atoms with Crippen LogP contribution in [0.2, 0.25) is 0 Å². The van der Waals surface area contributed by atoms with Crippen molar-refractivity contribution in [3.05, 3.63) is 130 Å². The van der Waals surface area contributed by atoms with Gasteiger partial charge in [-0.2, -0.15) is 0 Å². The molecule has 4 aromatic rings. The number of anilines is 1. The molecule has 2 atom stereocenters. The van der Waals surface area contributed by atoms with Gasteiger partial charge >= 0.3 is 5.97 Å². The summed E-state index contributed by atoms with van der Waals surface area (Å²) in [5.74, 6) is -1.84. The number of alkyl halides is 1. The number of carbonyl (C=O) groups is 3. The number of hydrogen-bond donors (Lipinski definition) is 3. The third-order valence-corrected chi connectivity index (χ3v) is 10.8. The molecule has 1 aromatic heterocycles. The number of oxime groups is 1. The molecule has 0 saturated carbocycles. The number of thiazole rings is 1. The summed E-state index contributed by atoms with van der Waals surface area (Å²) in [4.78, 5) is 49.6. The van der Waals surface area contributed by atoms with E-state index in [1.165, 1.54) is 35.1 Å². The van der Waals surface area contributed by atoms with Gasteiger partial charge in [0.05, 0.1) is 0 Å². The molecule has 234 valence electrons.